The molecule has 1 aliphatic carbocycles. The van der Waals surface area contributed by atoms with Gasteiger partial charge in [0.2, 0.25) is 0 Å². The first-order chi connectivity index (χ1) is 12.2. The van der Waals surface area contributed by atoms with Crippen LogP contribution in [0.5, 0.6) is 5.75 Å². The predicted molar refractivity (Wildman–Crippen MR) is 94.2 cm³/mol. The van der Waals surface area contributed by atoms with Crippen molar-refractivity contribution in [1.82, 2.24) is 19.6 Å². The van der Waals surface area contributed by atoms with Gasteiger partial charge in [-0.2, -0.15) is 5.10 Å². The zero-order valence-electron chi connectivity index (χ0n) is 14.2. The second kappa shape index (κ2) is 6.68. The van der Waals surface area contributed by atoms with Crippen molar-refractivity contribution in [2.45, 2.75) is 38.4 Å². The molecule has 3 heterocycles. The van der Waals surface area contributed by atoms with Gasteiger partial charge in [-0.3, -0.25) is 0 Å². The predicted octanol–water partition coefficient (Wildman–Crippen LogP) is 2.84. The molecule has 0 unspecified atom stereocenters. The number of hydrogen-bond donors (Lipinski definition) is 1. The molecule has 1 fully saturated rings. The Balaban J connectivity index is 1.57. The average Bonchev–Trinajstić information content (AvgIpc) is 3.28. The minimum absolute atomic E-state index is 0.359. The first-order valence-electron chi connectivity index (χ1n) is 8.49. The molecule has 7 heteroatoms. The van der Waals surface area contributed by atoms with Crippen molar-refractivity contribution < 1.29 is 9.47 Å². The lowest BCUT2D eigenvalue weighted by atomic mass is 10.1. The van der Waals surface area contributed by atoms with Crippen molar-refractivity contribution in [3.63, 3.8) is 0 Å². The molecule has 0 spiro atoms. The number of aromatic nitrogens is 4. The molecule has 0 saturated heterocycles. The summed E-state index contributed by atoms with van der Waals surface area (Å²) < 4.78 is 13.1. The standard InChI is InChI=1S/C18H21N5O2/c1-24-18-14(6-7-23-15(18)8-16(19)22-23)12-9-20-17(21-10-12)11-25-13-4-2-3-5-13/h6-10,13H,2-5,11H2,1H3,(H2,19,22). The van der Waals surface area contributed by atoms with E-state index in [0.29, 0.717) is 30.1 Å². The zero-order valence-corrected chi connectivity index (χ0v) is 14.2. The van der Waals surface area contributed by atoms with Crippen LogP contribution in [0.25, 0.3) is 16.6 Å². The highest BCUT2D eigenvalue weighted by atomic mass is 16.5. The number of ether oxygens (including phenoxy) is 2. The molecule has 2 N–H and O–H groups in total. The van der Waals surface area contributed by atoms with Gasteiger partial charge >= 0.3 is 0 Å². The Bertz CT molecular complexity index is 869. The number of anilines is 1. The third-order valence-electron chi connectivity index (χ3n) is 4.59. The maximum atomic E-state index is 5.86. The molecule has 0 radical (unpaired) electrons. The number of nitrogen functional groups attached to an aromatic ring is 1. The van der Waals surface area contributed by atoms with Crippen LogP contribution in [-0.2, 0) is 11.3 Å². The van der Waals surface area contributed by atoms with Gasteiger partial charge in [0.05, 0.1) is 13.2 Å². The molecule has 7 nitrogen and oxygen atoms in total. The van der Waals surface area contributed by atoms with E-state index in [0.717, 1.165) is 29.5 Å². The number of hydrogen-bond acceptors (Lipinski definition) is 6. The van der Waals surface area contributed by atoms with Gasteiger partial charge in [-0.05, 0) is 18.9 Å². The number of nitrogens with zero attached hydrogens (tertiary/aromatic N) is 4. The van der Waals surface area contributed by atoms with E-state index < -0.39 is 0 Å². The summed E-state index contributed by atoms with van der Waals surface area (Å²) in [6.45, 7) is 0.459. The summed E-state index contributed by atoms with van der Waals surface area (Å²) in [5.41, 5.74) is 8.37. The second-order valence-corrected chi connectivity index (χ2v) is 6.27. The first kappa shape index (κ1) is 15.8. The molecular weight excluding hydrogens is 318 g/mol. The molecule has 4 rings (SSSR count). The third kappa shape index (κ3) is 3.15. The molecule has 1 aliphatic rings. The lowest BCUT2D eigenvalue weighted by Crippen LogP contribution is -2.09. The molecule has 25 heavy (non-hydrogen) atoms. The van der Waals surface area contributed by atoms with Crippen molar-refractivity contribution in [3.05, 3.63) is 36.5 Å². The van der Waals surface area contributed by atoms with Crippen molar-refractivity contribution in [3.8, 4) is 16.9 Å². The normalized spacial score (nSPS) is 15.1. The maximum absolute atomic E-state index is 5.86. The lowest BCUT2D eigenvalue weighted by Gasteiger charge is -2.11. The first-order valence-corrected chi connectivity index (χ1v) is 8.49. The van der Waals surface area contributed by atoms with Gasteiger partial charge in [0.25, 0.3) is 0 Å². The monoisotopic (exact) mass is 339 g/mol. The van der Waals surface area contributed by atoms with Crippen molar-refractivity contribution in [2.24, 2.45) is 0 Å². The number of nitrogens with two attached hydrogens (primary N) is 1. The molecular formula is C18H21N5O2. The van der Waals surface area contributed by atoms with Crippen molar-refractivity contribution in [1.29, 1.82) is 0 Å². The Labute approximate surface area is 145 Å². The van der Waals surface area contributed by atoms with E-state index in [1.54, 1.807) is 30.1 Å². The van der Waals surface area contributed by atoms with Crippen LogP contribution in [0, 0.1) is 0 Å². The Morgan fingerprint density at radius 1 is 1.24 bits per heavy atom. The van der Waals surface area contributed by atoms with Crippen molar-refractivity contribution >= 4 is 11.3 Å². The highest BCUT2D eigenvalue weighted by Crippen LogP contribution is 2.33. The fourth-order valence-electron chi connectivity index (χ4n) is 3.31. The quantitative estimate of drug-likeness (QED) is 0.769. The molecule has 1 saturated carbocycles. The highest BCUT2D eigenvalue weighted by molar-refractivity contribution is 5.80. The number of pyridine rings is 1. The molecule has 0 bridgehead atoms. The van der Waals surface area contributed by atoms with Crippen molar-refractivity contribution in [2.75, 3.05) is 12.8 Å². The molecule has 130 valence electrons. The van der Waals surface area contributed by atoms with E-state index in [1.165, 1.54) is 12.8 Å². The van der Waals surface area contributed by atoms with Crippen LogP contribution in [0.3, 0.4) is 0 Å². The fraction of sp³-hybridized carbons (Fsp3) is 0.389. The van der Waals surface area contributed by atoms with E-state index in [9.17, 15) is 0 Å². The minimum Gasteiger partial charge on any atom is -0.494 e. The highest BCUT2D eigenvalue weighted by Gasteiger charge is 2.16. The lowest BCUT2D eigenvalue weighted by molar-refractivity contribution is 0.0417. The summed E-state index contributed by atoms with van der Waals surface area (Å²) in [6, 6.07) is 3.71. The summed E-state index contributed by atoms with van der Waals surface area (Å²) in [4.78, 5) is 8.88. The average molecular weight is 339 g/mol. The van der Waals surface area contributed by atoms with Gasteiger partial charge in [0.15, 0.2) is 11.6 Å². The van der Waals surface area contributed by atoms with Crippen LogP contribution in [0.4, 0.5) is 5.82 Å². The van der Waals surface area contributed by atoms with E-state index in [2.05, 4.69) is 15.1 Å². The van der Waals surface area contributed by atoms with Gasteiger partial charge in [-0.1, -0.05) is 12.8 Å². The topological polar surface area (TPSA) is 87.6 Å². The third-order valence-corrected chi connectivity index (χ3v) is 4.59. The van der Waals surface area contributed by atoms with E-state index in [4.69, 9.17) is 15.2 Å². The molecule has 3 aromatic heterocycles. The van der Waals surface area contributed by atoms with Crippen LogP contribution in [0.15, 0.2) is 30.7 Å². The van der Waals surface area contributed by atoms with Gasteiger partial charge in [-0.25, -0.2) is 14.5 Å². The second-order valence-electron chi connectivity index (χ2n) is 6.27. The molecule has 0 aliphatic heterocycles. The molecule has 0 amide bonds. The molecule has 0 aromatic carbocycles. The number of rotatable bonds is 5. The Morgan fingerprint density at radius 2 is 2.00 bits per heavy atom. The van der Waals surface area contributed by atoms with Crippen LogP contribution >= 0.6 is 0 Å². The van der Waals surface area contributed by atoms with E-state index >= 15 is 0 Å². The summed E-state index contributed by atoms with van der Waals surface area (Å²) in [6.07, 6.45) is 10.6. The van der Waals surface area contributed by atoms with Crippen LogP contribution in [0.2, 0.25) is 0 Å². The molecule has 3 aromatic rings. The van der Waals surface area contributed by atoms with Gasteiger partial charge < -0.3 is 15.2 Å². The van der Waals surface area contributed by atoms with Gasteiger partial charge in [-0.15, -0.1) is 0 Å². The van der Waals surface area contributed by atoms with E-state index in [-0.39, 0.29) is 0 Å². The van der Waals surface area contributed by atoms with E-state index in [1.807, 2.05) is 12.3 Å². The fourth-order valence-corrected chi connectivity index (χ4v) is 3.31. The van der Waals surface area contributed by atoms with Gasteiger partial charge in [0, 0.05) is 35.8 Å². The maximum Gasteiger partial charge on any atom is 0.153 e. The Hall–Kier alpha value is -2.67. The Kier molecular flexibility index (Phi) is 4.23. The summed E-state index contributed by atoms with van der Waals surface area (Å²) in [7, 11) is 1.63. The molecule has 0 atom stereocenters. The summed E-state index contributed by atoms with van der Waals surface area (Å²) in [5, 5.41) is 4.20. The smallest absolute Gasteiger partial charge is 0.153 e. The number of fused-ring (bicyclic) bond motifs is 1. The summed E-state index contributed by atoms with van der Waals surface area (Å²) >= 11 is 0. The SMILES string of the molecule is COc1c(-c2cnc(COC3CCCC3)nc2)ccn2nc(N)cc12. The van der Waals surface area contributed by atoms with Crippen LogP contribution in [-0.4, -0.2) is 32.8 Å². The number of methoxy groups -OCH3 is 1. The Morgan fingerprint density at radius 3 is 2.72 bits per heavy atom. The summed E-state index contributed by atoms with van der Waals surface area (Å²) in [5.74, 6) is 1.85. The largest absolute Gasteiger partial charge is 0.494 e. The minimum atomic E-state index is 0.359. The van der Waals surface area contributed by atoms with Crippen LogP contribution < -0.4 is 10.5 Å². The zero-order chi connectivity index (χ0) is 17.2. The van der Waals surface area contributed by atoms with Crippen LogP contribution in [0.1, 0.15) is 31.5 Å². The van der Waals surface area contributed by atoms with Gasteiger partial charge in [0.1, 0.15) is 17.9 Å².